The lowest BCUT2D eigenvalue weighted by molar-refractivity contribution is -0.138. The van der Waals surface area contributed by atoms with Gasteiger partial charge >= 0.3 is 11.9 Å². The summed E-state index contributed by atoms with van der Waals surface area (Å²) < 4.78 is 37.5. The largest absolute Gasteiger partial charge is 0.494 e. The van der Waals surface area contributed by atoms with E-state index in [1.165, 1.54) is 31.2 Å². The van der Waals surface area contributed by atoms with Crippen LogP contribution in [-0.4, -0.2) is 29.5 Å². The Labute approximate surface area is 179 Å². The van der Waals surface area contributed by atoms with Crippen molar-refractivity contribution in [3.63, 3.8) is 0 Å². The number of benzene rings is 2. The van der Waals surface area contributed by atoms with Gasteiger partial charge in [-0.2, -0.15) is 8.78 Å². The third kappa shape index (κ3) is 4.04. The highest BCUT2D eigenvalue weighted by molar-refractivity contribution is 6.23. The number of hydrogen-bond acceptors (Lipinski definition) is 3. The molecule has 2 aromatic carbocycles. The Bertz CT molecular complexity index is 1010. The maximum Gasteiger partial charge on any atom is 0.341 e. The molecule has 0 fully saturated rings. The van der Waals surface area contributed by atoms with E-state index in [1.54, 1.807) is 31.2 Å². The first kappa shape index (κ1) is 22.5. The van der Waals surface area contributed by atoms with Crippen molar-refractivity contribution in [1.29, 1.82) is 0 Å². The van der Waals surface area contributed by atoms with Crippen LogP contribution in [0.25, 0.3) is 5.57 Å². The first-order chi connectivity index (χ1) is 14.6. The van der Waals surface area contributed by atoms with Crippen molar-refractivity contribution in [3.05, 3.63) is 70.8 Å². The number of ether oxygens (including phenoxy) is 1. The van der Waals surface area contributed by atoms with E-state index in [4.69, 9.17) is 4.74 Å². The monoisotopic (exact) mass is 429 g/mol. The summed E-state index contributed by atoms with van der Waals surface area (Å²) in [6, 6.07) is 12.1. The summed E-state index contributed by atoms with van der Waals surface area (Å²) in [5.74, 6) is -5.92. The molecule has 31 heavy (non-hydrogen) atoms. The van der Waals surface area contributed by atoms with E-state index in [1.807, 2.05) is 6.92 Å². The molecule has 164 valence electrons. The number of aryl methyl sites for hydroxylation is 1. The molecular weight excluding hydrogens is 404 g/mol. The Morgan fingerprint density at radius 2 is 1.71 bits per heavy atom. The van der Waals surface area contributed by atoms with Crippen molar-refractivity contribution in [2.75, 3.05) is 6.61 Å². The fraction of sp³-hybridized carbons (Fsp3) is 0.333. The Morgan fingerprint density at radius 1 is 1.10 bits per heavy atom. The minimum Gasteiger partial charge on any atom is -0.494 e. The topological polar surface area (TPSA) is 75.6 Å². The third-order valence-electron chi connectivity index (χ3n) is 5.53. The predicted octanol–water partition coefficient (Wildman–Crippen LogP) is 4.69. The molecule has 0 aromatic heterocycles. The van der Waals surface area contributed by atoms with Gasteiger partial charge in [-0.1, -0.05) is 55.3 Å². The van der Waals surface area contributed by atoms with E-state index in [0.29, 0.717) is 12.4 Å². The number of unbranched alkanes of at least 4 members (excludes halogenated alkanes) is 1. The van der Waals surface area contributed by atoms with Gasteiger partial charge in [0, 0.05) is 0 Å². The number of halogens is 2. The molecule has 1 heterocycles. The zero-order valence-electron chi connectivity index (χ0n) is 17.7. The molecule has 0 spiro atoms. The predicted molar refractivity (Wildman–Crippen MR) is 113 cm³/mol. The molecule has 3 rings (SSSR count). The molecule has 2 aromatic rings. The number of amides is 1. The molecule has 0 bridgehead atoms. The number of rotatable bonds is 7. The van der Waals surface area contributed by atoms with E-state index < -0.39 is 34.5 Å². The van der Waals surface area contributed by atoms with Crippen LogP contribution in [0.3, 0.4) is 0 Å². The van der Waals surface area contributed by atoms with E-state index in [2.05, 4.69) is 5.32 Å². The van der Waals surface area contributed by atoms with Gasteiger partial charge in [0.15, 0.2) is 0 Å². The van der Waals surface area contributed by atoms with Crippen LogP contribution >= 0.6 is 0 Å². The Morgan fingerprint density at radius 3 is 2.26 bits per heavy atom. The third-order valence-corrected chi connectivity index (χ3v) is 5.53. The molecule has 0 saturated heterocycles. The highest BCUT2D eigenvalue weighted by atomic mass is 19.3. The first-order valence-electron chi connectivity index (χ1n) is 10.1. The van der Waals surface area contributed by atoms with Crippen molar-refractivity contribution < 1.29 is 28.2 Å². The summed E-state index contributed by atoms with van der Waals surface area (Å²) in [7, 11) is 0. The Hall–Kier alpha value is -3.22. The fourth-order valence-electron chi connectivity index (χ4n) is 3.61. The van der Waals surface area contributed by atoms with Crippen LogP contribution in [-0.2, 0) is 15.1 Å². The second kappa shape index (κ2) is 8.49. The van der Waals surface area contributed by atoms with Gasteiger partial charge in [0.2, 0.25) is 0 Å². The highest BCUT2D eigenvalue weighted by Gasteiger charge is 2.60. The summed E-state index contributed by atoms with van der Waals surface area (Å²) in [6.07, 6.45) is 1.84. The number of nitrogens with one attached hydrogen (secondary N) is 1. The van der Waals surface area contributed by atoms with Gasteiger partial charge in [0.1, 0.15) is 16.9 Å². The SMILES string of the molecule is CCCCOc1ccc(C2(C)NC(=O)C(C(=O)O)=C(c3ccc(C)cc3)C2(F)F)cc1. The van der Waals surface area contributed by atoms with Crippen molar-refractivity contribution in [2.45, 2.75) is 45.1 Å². The minimum absolute atomic E-state index is 0.00593. The van der Waals surface area contributed by atoms with Crippen LogP contribution < -0.4 is 10.1 Å². The first-order valence-corrected chi connectivity index (χ1v) is 10.1. The van der Waals surface area contributed by atoms with Crippen molar-refractivity contribution in [1.82, 2.24) is 5.32 Å². The highest BCUT2D eigenvalue weighted by Crippen LogP contribution is 2.50. The van der Waals surface area contributed by atoms with Crippen molar-refractivity contribution in [3.8, 4) is 5.75 Å². The van der Waals surface area contributed by atoms with E-state index in [0.717, 1.165) is 18.4 Å². The summed E-state index contributed by atoms with van der Waals surface area (Å²) in [4.78, 5) is 24.4. The Kier molecular flexibility index (Phi) is 6.15. The maximum absolute atomic E-state index is 16.0. The van der Waals surface area contributed by atoms with Gasteiger partial charge < -0.3 is 15.2 Å². The minimum atomic E-state index is -3.70. The average molecular weight is 429 g/mol. The molecular formula is C24H25F2NO4. The van der Waals surface area contributed by atoms with Gasteiger partial charge in [0.25, 0.3) is 5.91 Å². The zero-order valence-corrected chi connectivity index (χ0v) is 17.7. The lowest BCUT2D eigenvalue weighted by Gasteiger charge is -2.43. The number of carboxylic acid groups (broad SMARTS) is 1. The lowest BCUT2D eigenvalue weighted by atomic mass is 9.75. The van der Waals surface area contributed by atoms with Crippen LogP contribution in [0.2, 0.25) is 0 Å². The van der Waals surface area contributed by atoms with Crippen LogP contribution in [0.1, 0.15) is 43.4 Å². The van der Waals surface area contributed by atoms with E-state index >= 15 is 8.78 Å². The van der Waals surface area contributed by atoms with E-state index in [9.17, 15) is 14.7 Å². The molecule has 0 aliphatic carbocycles. The van der Waals surface area contributed by atoms with Crippen LogP contribution in [0.15, 0.2) is 54.1 Å². The number of aliphatic carboxylic acids is 1. The van der Waals surface area contributed by atoms with Gasteiger partial charge in [-0.15, -0.1) is 0 Å². The number of carboxylic acids is 1. The fourth-order valence-corrected chi connectivity index (χ4v) is 3.61. The molecule has 5 nitrogen and oxygen atoms in total. The molecule has 2 N–H and O–H groups in total. The smallest absolute Gasteiger partial charge is 0.341 e. The van der Waals surface area contributed by atoms with E-state index in [-0.39, 0.29) is 11.1 Å². The van der Waals surface area contributed by atoms with Gasteiger partial charge in [0.05, 0.1) is 12.2 Å². The maximum atomic E-state index is 16.0. The summed E-state index contributed by atoms with van der Waals surface area (Å²) in [5.41, 5.74) is -2.94. The summed E-state index contributed by atoms with van der Waals surface area (Å²) in [5, 5.41) is 11.8. The molecule has 0 saturated carbocycles. The van der Waals surface area contributed by atoms with Gasteiger partial charge in [-0.25, -0.2) is 4.79 Å². The second-order valence-corrected chi connectivity index (χ2v) is 7.80. The van der Waals surface area contributed by atoms with Crippen molar-refractivity contribution in [2.24, 2.45) is 0 Å². The number of alkyl halides is 2. The zero-order chi connectivity index (χ0) is 22.8. The van der Waals surface area contributed by atoms with Crippen molar-refractivity contribution >= 4 is 17.4 Å². The molecule has 7 heteroatoms. The lowest BCUT2D eigenvalue weighted by Crippen LogP contribution is -2.61. The summed E-state index contributed by atoms with van der Waals surface area (Å²) >= 11 is 0. The van der Waals surface area contributed by atoms with Crippen LogP contribution in [0.4, 0.5) is 8.78 Å². The van der Waals surface area contributed by atoms with Crippen LogP contribution in [0, 0.1) is 6.92 Å². The quantitative estimate of drug-likeness (QED) is 0.495. The van der Waals surface area contributed by atoms with Gasteiger partial charge in [-0.3, -0.25) is 4.79 Å². The molecule has 1 aliphatic heterocycles. The molecule has 1 atom stereocenters. The molecule has 1 unspecified atom stereocenters. The number of carbonyl (C=O) groups is 2. The standard InChI is InChI=1S/C24H25F2NO4/c1-4-5-14-31-18-12-10-17(11-13-18)23(3)24(25,26)20(16-8-6-15(2)7-9-16)19(22(29)30)21(28)27-23/h6-13H,4-5,14H2,1-3H3,(H,27,28)(H,29,30). The Balaban J connectivity index is 2.09. The average Bonchev–Trinajstić information content (AvgIpc) is 2.72. The molecule has 0 radical (unpaired) electrons. The van der Waals surface area contributed by atoms with Crippen LogP contribution in [0.5, 0.6) is 5.75 Å². The number of hydrogen-bond donors (Lipinski definition) is 2. The normalized spacial score (nSPS) is 20.4. The number of carbonyl (C=O) groups excluding carboxylic acids is 1. The van der Waals surface area contributed by atoms with Gasteiger partial charge in [-0.05, 0) is 43.5 Å². The molecule has 1 amide bonds. The second-order valence-electron chi connectivity index (χ2n) is 7.80. The molecule has 1 aliphatic rings. The summed E-state index contributed by atoms with van der Waals surface area (Å²) in [6.45, 7) is 5.54.